The van der Waals surface area contributed by atoms with Crippen molar-refractivity contribution >= 4 is 50.7 Å². The second kappa shape index (κ2) is 14.3. The van der Waals surface area contributed by atoms with Gasteiger partial charge in [0.2, 0.25) is 11.8 Å². The molecule has 2 amide bonds. The van der Waals surface area contributed by atoms with Crippen LogP contribution in [-0.2, 0) is 26.2 Å². The van der Waals surface area contributed by atoms with E-state index in [2.05, 4.69) is 5.32 Å². The number of methoxy groups -OCH3 is 1. The molecule has 3 aromatic rings. The summed E-state index contributed by atoms with van der Waals surface area (Å²) < 4.78 is 34.7. The third-order valence-electron chi connectivity index (χ3n) is 7.00. The van der Waals surface area contributed by atoms with Gasteiger partial charge in [0.1, 0.15) is 18.3 Å². The topological polar surface area (TPSA) is 96.0 Å². The predicted molar refractivity (Wildman–Crippen MR) is 168 cm³/mol. The number of ether oxygens (including phenoxy) is 1. The van der Waals surface area contributed by atoms with Gasteiger partial charge in [-0.2, -0.15) is 0 Å². The molecule has 0 aromatic heterocycles. The van der Waals surface area contributed by atoms with Crippen LogP contribution in [0.2, 0.25) is 10.0 Å². The molecule has 8 nitrogen and oxygen atoms in total. The van der Waals surface area contributed by atoms with Crippen LogP contribution in [0.25, 0.3) is 0 Å². The number of carbonyl (C=O) groups is 2. The lowest BCUT2D eigenvalue weighted by Gasteiger charge is -2.33. The van der Waals surface area contributed by atoms with Crippen molar-refractivity contribution in [1.29, 1.82) is 0 Å². The van der Waals surface area contributed by atoms with E-state index in [0.717, 1.165) is 15.4 Å². The minimum Gasteiger partial charge on any atom is -0.495 e. The van der Waals surface area contributed by atoms with Gasteiger partial charge >= 0.3 is 0 Å². The Balaban J connectivity index is 2.11. The summed E-state index contributed by atoms with van der Waals surface area (Å²) in [5, 5.41) is 3.56. The van der Waals surface area contributed by atoms with Crippen LogP contribution in [0.5, 0.6) is 5.75 Å². The minimum atomic E-state index is -4.24. The molecule has 11 heteroatoms. The molecule has 42 heavy (non-hydrogen) atoms. The van der Waals surface area contributed by atoms with Crippen molar-refractivity contribution in [3.63, 3.8) is 0 Å². The normalized spacial score (nSPS) is 12.8. The van der Waals surface area contributed by atoms with Gasteiger partial charge in [-0.25, -0.2) is 8.42 Å². The molecule has 3 rings (SSSR count). The number of rotatable bonds is 12. The number of benzene rings is 3. The number of sulfonamides is 1. The molecule has 0 saturated heterocycles. The third-order valence-corrected chi connectivity index (χ3v) is 9.51. The van der Waals surface area contributed by atoms with Crippen molar-refractivity contribution in [2.45, 2.75) is 64.6 Å². The van der Waals surface area contributed by atoms with Crippen LogP contribution in [0, 0.1) is 13.8 Å². The number of nitrogens with one attached hydrogen (secondary N) is 1. The molecule has 2 atom stereocenters. The average Bonchev–Trinajstić information content (AvgIpc) is 2.95. The molecule has 0 spiro atoms. The summed E-state index contributed by atoms with van der Waals surface area (Å²) in [6, 6.07) is 15.4. The van der Waals surface area contributed by atoms with Gasteiger partial charge in [-0.15, -0.1) is 0 Å². The molecule has 0 saturated carbocycles. The van der Waals surface area contributed by atoms with Gasteiger partial charge in [0.05, 0.1) is 27.7 Å². The van der Waals surface area contributed by atoms with E-state index in [1.807, 2.05) is 27.7 Å². The number of halogens is 2. The first-order valence-corrected chi connectivity index (χ1v) is 15.8. The van der Waals surface area contributed by atoms with Crippen molar-refractivity contribution in [3.05, 3.63) is 87.4 Å². The highest BCUT2D eigenvalue weighted by atomic mass is 35.5. The Morgan fingerprint density at radius 2 is 1.57 bits per heavy atom. The molecular weight excluding hydrogens is 597 g/mol. The van der Waals surface area contributed by atoms with Gasteiger partial charge in [0.15, 0.2) is 0 Å². The number of hydrogen-bond acceptors (Lipinski definition) is 5. The zero-order valence-electron chi connectivity index (χ0n) is 24.6. The largest absolute Gasteiger partial charge is 0.495 e. The van der Waals surface area contributed by atoms with E-state index in [-0.39, 0.29) is 34.8 Å². The molecule has 0 unspecified atom stereocenters. The van der Waals surface area contributed by atoms with Gasteiger partial charge in [-0.1, -0.05) is 60.0 Å². The number of amides is 2. The summed E-state index contributed by atoms with van der Waals surface area (Å²) in [5.41, 5.74) is 2.50. The summed E-state index contributed by atoms with van der Waals surface area (Å²) in [4.78, 5) is 28.7. The molecule has 0 bridgehead atoms. The molecule has 1 N–H and O–H groups in total. The number of aryl methyl sites for hydroxylation is 2. The van der Waals surface area contributed by atoms with Gasteiger partial charge in [-0.05, 0) is 81.6 Å². The van der Waals surface area contributed by atoms with Crippen molar-refractivity contribution in [1.82, 2.24) is 10.2 Å². The molecule has 0 radical (unpaired) electrons. The van der Waals surface area contributed by atoms with E-state index in [9.17, 15) is 18.0 Å². The quantitative estimate of drug-likeness (QED) is 0.258. The molecule has 0 aliphatic carbocycles. The van der Waals surface area contributed by atoms with Crippen LogP contribution >= 0.6 is 23.2 Å². The van der Waals surface area contributed by atoms with Crippen molar-refractivity contribution < 1.29 is 22.7 Å². The molecule has 0 fully saturated rings. The van der Waals surface area contributed by atoms with E-state index in [0.29, 0.717) is 22.0 Å². The lowest BCUT2D eigenvalue weighted by Crippen LogP contribution is -2.52. The molecule has 226 valence electrons. The number of anilines is 1. The van der Waals surface area contributed by atoms with Crippen molar-refractivity contribution in [3.8, 4) is 5.75 Å². The minimum absolute atomic E-state index is 0.00577. The van der Waals surface area contributed by atoms with Crippen LogP contribution < -0.4 is 14.4 Å². The van der Waals surface area contributed by atoms with Crippen LogP contribution in [0.3, 0.4) is 0 Å². The van der Waals surface area contributed by atoms with E-state index >= 15 is 0 Å². The lowest BCUT2D eigenvalue weighted by atomic mass is 10.1. The fourth-order valence-corrected chi connectivity index (χ4v) is 5.97. The molecule has 0 aliphatic heterocycles. The lowest BCUT2D eigenvalue weighted by molar-refractivity contribution is -0.139. The Morgan fingerprint density at radius 1 is 0.929 bits per heavy atom. The Hall–Kier alpha value is -3.27. The maximum atomic E-state index is 14.1. The maximum absolute atomic E-state index is 14.1. The van der Waals surface area contributed by atoms with Gasteiger partial charge in [-0.3, -0.25) is 13.9 Å². The zero-order chi connectivity index (χ0) is 31.2. The Morgan fingerprint density at radius 3 is 2.17 bits per heavy atom. The van der Waals surface area contributed by atoms with Gasteiger partial charge in [0, 0.05) is 12.6 Å². The Kier molecular flexibility index (Phi) is 11.3. The highest BCUT2D eigenvalue weighted by molar-refractivity contribution is 7.92. The first-order chi connectivity index (χ1) is 19.8. The summed E-state index contributed by atoms with van der Waals surface area (Å²) in [6.45, 7) is 8.51. The maximum Gasteiger partial charge on any atom is 0.264 e. The average molecular weight is 635 g/mol. The third kappa shape index (κ3) is 7.96. The second-order valence-corrected chi connectivity index (χ2v) is 12.9. The first-order valence-electron chi connectivity index (χ1n) is 13.6. The fraction of sp³-hybridized carbons (Fsp3) is 0.355. The van der Waals surface area contributed by atoms with Crippen molar-refractivity contribution in [2.75, 3.05) is 18.0 Å². The van der Waals surface area contributed by atoms with Crippen LogP contribution in [0.1, 0.15) is 43.9 Å². The number of carbonyl (C=O) groups excluding carboxylic acids is 2. The molecule has 3 aromatic carbocycles. The van der Waals surface area contributed by atoms with E-state index in [1.165, 1.54) is 24.1 Å². The van der Waals surface area contributed by atoms with Crippen LogP contribution in [0.15, 0.2) is 65.6 Å². The number of nitrogens with zero attached hydrogens (tertiary/aromatic N) is 2. The standard InChI is InChI=1S/C31H37Cl2N3O5S/c1-7-22(4)34-31(38)23(5)35(18-24-11-14-26(32)27(33)17-24)30(37)19-36(28-16-21(3)10-15-29(28)41-6)42(39,40)25-12-8-20(2)9-13-25/h8-17,22-23H,7,18-19H2,1-6H3,(H,34,38)/t22-,23+/m1/s1. The predicted octanol–water partition coefficient (Wildman–Crippen LogP) is 6.15. The summed E-state index contributed by atoms with van der Waals surface area (Å²) in [6.07, 6.45) is 0.703. The molecule has 0 heterocycles. The van der Waals surface area contributed by atoms with Gasteiger partial charge in [0.25, 0.3) is 10.0 Å². The first kappa shape index (κ1) is 33.2. The monoisotopic (exact) mass is 633 g/mol. The van der Waals surface area contributed by atoms with Crippen LogP contribution in [0.4, 0.5) is 5.69 Å². The van der Waals surface area contributed by atoms with E-state index in [1.54, 1.807) is 55.5 Å². The van der Waals surface area contributed by atoms with E-state index < -0.39 is 28.5 Å². The Labute approximate surface area is 258 Å². The van der Waals surface area contributed by atoms with Crippen molar-refractivity contribution in [2.24, 2.45) is 0 Å². The highest BCUT2D eigenvalue weighted by Crippen LogP contribution is 2.34. The molecular formula is C31H37Cl2N3O5S. The Bertz CT molecular complexity index is 1530. The smallest absolute Gasteiger partial charge is 0.264 e. The van der Waals surface area contributed by atoms with Gasteiger partial charge < -0.3 is 15.0 Å². The highest BCUT2D eigenvalue weighted by Gasteiger charge is 2.34. The SMILES string of the molecule is CC[C@@H](C)NC(=O)[C@H](C)N(Cc1ccc(Cl)c(Cl)c1)C(=O)CN(c1cc(C)ccc1OC)S(=O)(=O)c1ccc(C)cc1. The van der Waals surface area contributed by atoms with Crippen LogP contribution in [-0.4, -0.2) is 50.9 Å². The fourth-order valence-electron chi connectivity index (χ4n) is 4.23. The number of hydrogen-bond donors (Lipinski definition) is 1. The summed E-state index contributed by atoms with van der Waals surface area (Å²) in [7, 11) is -2.80. The molecule has 0 aliphatic rings. The zero-order valence-corrected chi connectivity index (χ0v) is 27.0. The summed E-state index contributed by atoms with van der Waals surface area (Å²) >= 11 is 12.3. The summed E-state index contributed by atoms with van der Waals surface area (Å²) in [5.74, 6) is -0.673. The van der Waals surface area contributed by atoms with E-state index in [4.69, 9.17) is 27.9 Å². The second-order valence-electron chi connectivity index (χ2n) is 10.3.